The molecule has 0 bridgehead atoms. The first kappa shape index (κ1) is 81.1. The Labute approximate surface area is 585 Å². The summed E-state index contributed by atoms with van der Waals surface area (Å²) in [6.07, 6.45) is 4.00. The number of hydrogen-bond donors (Lipinski definition) is 4. The summed E-state index contributed by atoms with van der Waals surface area (Å²) in [6, 6.07) is 16.1. The molecule has 6 aromatic heterocycles. The van der Waals surface area contributed by atoms with Crippen LogP contribution in [0.4, 0.5) is 20.4 Å². The van der Waals surface area contributed by atoms with Gasteiger partial charge in [-0.25, -0.2) is 38.7 Å². The van der Waals surface area contributed by atoms with Crippen LogP contribution in [0.5, 0.6) is 0 Å². The van der Waals surface area contributed by atoms with Crippen molar-refractivity contribution in [2.75, 3.05) is 36.9 Å². The molecular weight excluding hydrogens is 1450 g/mol. The lowest BCUT2D eigenvalue weighted by Crippen LogP contribution is -2.44. The van der Waals surface area contributed by atoms with E-state index in [4.69, 9.17) is 14.6 Å². The molecule has 508 valence electrons. The van der Waals surface area contributed by atoms with Crippen LogP contribution in [0.3, 0.4) is 0 Å². The number of carbonyl (C=O) groups excluding carboxylic acids is 7. The van der Waals surface area contributed by atoms with Gasteiger partial charge in [-0.3, -0.25) is 47.7 Å². The van der Waals surface area contributed by atoms with Gasteiger partial charge in [-0.2, -0.15) is 23.7 Å². The molecule has 4 atom stereocenters. The van der Waals surface area contributed by atoms with Crippen LogP contribution in [0.25, 0.3) is 44.1 Å². The molecule has 95 heavy (non-hydrogen) atoms. The first-order valence-electron chi connectivity index (χ1n) is 28.0. The van der Waals surface area contributed by atoms with Crippen LogP contribution in [0.1, 0.15) is 99.1 Å². The van der Waals surface area contributed by atoms with E-state index in [0.717, 1.165) is 11.1 Å². The van der Waals surface area contributed by atoms with E-state index in [2.05, 4.69) is 110 Å². The first-order chi connectivity index (χ1) is 43.5. The van der Waals surface area contributed by atoms with Crippen molar-refractivity contribution < 1.29 is 61.7 Å². The minimum atomic E-state index is -1.37. The number of nitrogens with zero attached hydrogens (tertiary/aromatic N) is 11. The predicted molar refractivity (Wildman–Crippen MR) is 373 cm³/mol. The lowest BCUT2D eigenvalue weighted by atomic mass is 10.0. The number of carbonyl (C=O) groups is 8. The summed E-state index contributed by atoms with van der Waals surface area (Å²) in [5.74, 6) is -2.23. The maximum absolute atomic E-state index is 14.6. The molecule has 2 fully saturated rings. The van der Waals surface area contributed by atoms with Crippen LogP contribution >= 0.6 is 57.8 Å². The highest BCUT2D eigenvalue weighted by molar-refractivity contribution is 9.10. The van der Waals surface area contributed by atoms with Crippen molar-refractivity contribution >= 4 is 161 Å². The molecule has 10 rings (SSSR count). The molecule has 2 aromatic carbocycles. The number of nitrogens with one attached hydrogen (secondary N) is 3. The van der Waals surface area contributed by atoms with Gasteiger partial charge in [0.05, 0.1) is 36.8 Å². The molecule has 4 N–H and O–H groups in total. The van der Waals surface area contributed by atoms with Crippen molar-refractivity contribution in [1.29, 1.82) is 0 Å². The number of alkyl halides is 2. The number of aromatic nitrogens is 10. The average molecular weight is 1520 g/mol. The number of anilines is 2. The summed E-state index contributed by atoms with van der Waals surface area (Å²) in [6.45, 7) is 9.76. The number of Topliss-reactive ketones (excluding diaryl/α,β-unsaturated/α-hetero) is 2. The van der Waals surface area contributed by atoms with Crippen LogP contribution in [-0.2, 0) is 86.5 Å². The van der Waals surface area contributed by atoms with Crippen LogP contribution < -0.4 is 16.0 Å². The Balaban J connectivity index is 0.000000395. The lowest BCUT2D eigenvalue weighted by molar-refractivity contribution is -0.143. The zero-order valence-electron chi connectivity index (χ0n) is 50.6. The topological polar surface area (TPSA) is 328 Å². The number of esters is 2. The number of fused-ring (bicyclic) bond motifs is 2. The van der Waals surface area contributed by atoms with Gasteiger partial charge in [0.15, 0.2) is 11.6 Å². The molecule has 0 spiro atoms. The van der Waals surface area contributed by atoms with Crippen LogP contribution in [0.2, 0.25) is 0 Å². The summed E-state index contributed by atoms with van der Waals surface area (Å²) in [4.78, 5) is 124. The molecule has 2 saturated heterocycles. The van der Waals surface area contributed by atoms with E-state index in [1.807, 2.05) is 13.0 Å². The third-order valence-electron chi connectivity index (χ3n) is 13.9. The van der Waals surface area contributed by atoms with Gasteiger partial charge < -0.3 is 35.4 Å². The Bertz CT molecular complexity index is 4050. The molecular formula is C62H71Br2ClF2N14O11S3. The van der Waals surface area contributed by atoms with Crippen LogP contribution in [0, 0.1) is 13.8 Å². The van der Waals surface area contributed by atoms with Crippen molar-refractivity contribution in [3.8, 4) is 22.3 Å². The summed E-state index contributed by atoms with van der Waals surface area (Å²) >= 11 is 13.8. The van der Waals surface area contributed by atoms with Crippen molar-refractivity contribution in [3.05, 3.63) is 129 Å². The smallest absolute Gasteiger partial charge is 0.325 e. The Morgan fingerprint density at radius 2 is 1.07 bits per heavy atom. The maximum Gasteiger partial charge on any atom is 0.325 e. The third-order valence-corrected chi connectivity index (χ3v) is 14.8. The number of aryl methyl sites for hydroxylation is 2. The van der Waals surface area contributed by atoms with E-state index in [9.17, 15) is 47.1 Å². The van der Waals surface area contributed by atoms with Crippen molar-refractivity contribution in [2.24, 2.45) is 0 Å². The number of benzene rings is 2. The average Bonchev–Trinajstić information content (AvgIpc) is 1.66. The Morgan fingerprint density at radius 1 is 0.642 bits per heavy atom. The van der Waals surface area contributed by atoms with Gasteiger partial charge in [-0.05, 0) is 118 Å². The Kier molecular flexibility index (Phi) is 32.3. The number of carboxylic acids is 1. The summed E-state index contributed by atoms with van der Waals surface area (Å²) in [5, 5.41) is 26.9. The number of ether oxygens (including phenoxy) is 2. The third kappa shape index (κ3) is 21.7. The summed E-state index contributed by atoms with van der Waals surface area (Å²) in [7, 11) is 0. The SMILES string of the molecule is C.C.CCOC(=O)Cc1ncc(-c2ccc3c(c2)c(C(C)=O)nn3CC(=O)N2C[C@H](F)C[C@H]2C(=O)Nc2nc(Br)ccc2C)cn1.CCOC(=O)Cc1ncc(-c2ccc3c(c2)c(C(C)=O)nn3CC(=O)O)cn1.Cc1ccc(Br)nc1NC(=O)[C@@H]1C[C@@H](F)CN1.Cl.S.S=S. The van der Waals surface area contributed by atoms with Crippen LogP contribution in [0.15, 0.2) is 94.7 Å². The number of carboxylic acid groups (broad SMARTS) is 1. The molecule has 0 saturated carbocycles. The fraction of sp³-hybridized carbons (Fsp3) is 0.355. The van der Waals surface area contributed by atoms with Crippen molar-refractivity contribution in [1.82, 2.24) is 59.7 Å². The number of rotatable bonds is 18. The minimum Gasteiger partial charge on any atom is -0.480 e. The maximum atomic E-state index is 14.6. The molecule has 8 heterocycles. The van der Waals surface area contributed by atoms with E-state index in [-0.39, 0.29) is 128 Å². The number of aliphatic carboxylic acids is 1. The first-order valence-corrected chi connectivity index (χ1v) is 30.9. The van der Waals surface area contributed by atoms with Gasteiger partial charge in [0, 0.05) is 102 Å². The minimum absolute atomic E-state index is 0. The lowest BCUT2D eigenvalue weighted by Gasteiger charge is -2.24. The molecule has 0 unspecified atom stereocenters. The largest absolute Gasteiger partial charge is 0.480 e. The molecule has 0 radical (unpaired) electrons. The predicted octanol–water partition coefficient (Wildman–Crippen LogP) is 9.32. The summed E-state index contributed by atoms with van der Waals surface area (Å²) < 4.78 is 41.2. The van der Waals surface area contributed by atoms with Crippen molar-refractivity contribution in [2.45, 2.75) is 120 Å². The van der Waals surface area contributed by atoms with E-state index >= 15 is 0 Å². The van der Waals surface area contributed by atoms with Gasteiger partial charge in [0.2, 0.25) is 17.7 Å². The van der Waals surface area contributed by atoms with E-state index in [0.29, 0.717) is 83.2 Å². The van der Waals surface area contributed by atoms with Gasteiger partial charge in [0.1, 0.15) is 88.2 Å². The zero-order valence-corrected chi connectivity index (χ0v) is 57.3. The molecule has 33 heteroatoms. The number of hydrogen-bond acceptors (Lipinski definition) is 21. The molecule has 3 amide bonds. The van der Waals surface area contributed by atoms with E-state index < -0.39 is 54.1 Å². The molecule has 8 aromatic rings. The molecule has 2 aliphatic rings. The number of halogens is 5. The number of amides is 3. The molecule has 0 aliphatic carbocycles. The summed E-state index contributed by atoms with van der Waals surface area (Å²) in [5.41, 5.74) is 5.79. The van der Waals surface area contributed by atoms with Gasteiger partial charge in [0.25, 0.3) is 0 Å². The highest BCUT2D eigenvalue weighted by atomic mass is 79.9. The second-order valence-corrected chi connectivity index (χ2v) is 22.1. The second kappa shape index (κ2) is 37.8. The van der Waals surface area contributed by atoms with Gasteiger partial charge in [-0.15, -0.1) is 12.4 Å². The highest BCUT2D eigenvalue weighted by Crippen LogP contribution is 2.30. The van der Waals surface area contributed by atoms with E-state index in [1.165, 1.54) is 28.1 Å². The quantitative estimate of drug-likeness (QED) is 0.0353. The highest BCUT2D eigenvalue weighted by Gasteiger charge is 2.40. The Hall–Kier alpha value is -8.14. The molecule has 2 aliphatic heterocycles. The van der Waals surface area contributed by atoms with Crippen molar-refractivity contribution in [3.63, 3.8) is 0 Å². The fourth-order valence-corrected chi connectivity index (χ4v) is 10.2. The molecule has 25 nitrogen and oxygen atoms in total. The number of likely N-dealkylation sites (tertiary alicyclic amines) is 1. The Morgan fingerprint density at radius 3 is 1.47 bits per heavy atom. The standard InChI is InChI=1S/C30H29BrFN7O5.C19H18N4O5.C11H13BrFN3O.2CH4.ClH.S2.H2S/c1-4-44-27(42)11-25-33-12-19(13-34-25)18-6-7-22-21(9-18)28(17(3)40)37-39(22)15-26(41)38-14-20(32)10-23(38)30(43)36-29-16(2)5-8-24(31)35-29;1-3-28-18(27)7-16-20-8-13(9-21-16)12-4-5-15-14(6-12)19(11(2)24)22-23(15)10-17(25)26;1-6-2-3-9(12)15-10(6)16-11(17)8-4-7(13)5-14-8;;;;1-2;/h5-9,12-13,20,23H,4,10-11,14-15H2,1-3H3,(H,35,36,43);4-6,8-9H,3,7,10H2,1-2H3,(H,25,26);2-3,7-8,14H,4-5H2,1H3,(H,15,16,17);2*1H4;1H;;1H2/t20-,23+;;7-,8+;;;;;/m1.1...../s1. The zero-order chi connectivity index (χ0) is 66.2. The van der Waals surface area contributed by atoms with Gasteiger partial charge in [-0.1, -0.05) is 39.1 Å². The van der Waals surface area contributed by atoms with Crippen LogP contribution in [-0.4, -0.2) is 157 Å². The van der Waals surface area contributed by atoms with E-state index in [1.54, 1.807) is 100 Å². The second-order valence-electron chi connectivity index (χ2n) is 20.5. The monoisotopic (exact) mass is 1510 g/mol. The van der Waals surface area contributed by atoms with Gasteiger partial charge >= 0.3 is 17.9 Å². The fourth-order valence-electron chi connectivity index (χ4n) is 9.57. The number of ketones is 2. The normalized spacial score (nSPS) is 15.0. The number of pyridine rings is 2.